The van der Waals surface area contributed by atoms with Crippen molar-refractivity contribution in [2.75, 3.05) is 28.4 Å². The third-order valence-electron chi connectivity index (χ3n) is 16.3. The maximum atomic E-state index is 10.2. The standard InChI is InChI=1S/2C19H20ClN3O2.2C13H16ClN3O.C6H6BClO3/c1-19(2,25-3)8-6-16-15-11-21-9-7-13(15)18(23-22-16)14-5-4-12(20)10-17(14)24;1-19(2,25-3)8-6-16-13-7-9-21-11-15(13)18(23-22-16)14-5-4-12(20)10-17(14)24;1-13(2,18-3)6-4-11-10-8-15-7-5-9(10)12(14)17-16-11;1-13(2,18-3)6-4-11-9-5-7-15-8-10(9)12(14)17-16-11;8-4-1-2-5(7(10)11)6(9)3-4/h2*4-5,7,9-11,24H,6,8H2,1-3H3;2*5,7-8H,4,6H2,1-3H3;1-3,9-11H. The van der Waals surface area contributed by atoms with Crippen LogP contribution in [0.4, 0.5) is 0 Å². The van der Waals surface area contributed by atoms with Gasteiger partial charge in [0, 0.05) is 153 Å². The number of hydrogen-bond donors (Lipinski definition) is 5. The molecule has 0 aliphatic carbocycles. The summed E-state index contributed by atoms with van der Waals surface area (Å²) >= 11 is 29.4. The molecule has 510 valence electrons. The highest BCUT2D eigenvalue weighted by molar-refractivity contribution is 6.59. The van der Waals surface area contributed by atoms with Crippen LogP contribution in [-0.2, 0) is 44.6 Å². The molecule has 27 heteroatoms. The molecule has 0 aliphatic heterocycles. The number of rotatable bonds is 19. The monoisotopic (exact) mass is 1420 g/mol. The molecule has 8 heterocycles. The number of ether oxygens (including phenoxy) is 4. The van der Waals surface area contributed by atoms with Crippen molar-refractivity contribution in [3.63, 3.8) is 0 Å². The Labute approximate surface area is 589 Å². The Balaban J connectivity index is 0.000000175. The molecular weight excluding hydrogens is 1340 g/mol. The van der Waals surface area contributed by atoms with Gasteiger partial charge in [0.2, 0.25) is 0 Å². The summed E-state index contributed by atoms with van der Waals surface area (Å²) in [6.07, 6.45) is 20.4. The van der Waals surface area contributed by atoms with E-state index >= 15 is 0 Å². The van der Waals surface area contributed by atoms with Gasteiger partial charge >= 0.3 is 7.12 Å². The van der Waals surface area contributed by atoms with Gasteiger partial charge in [0.25, 0.3) is 0 Å². The number of hydrogen-bond acceptors (Lipinski definition) is 21. The van der Waals surface area contributed by atoms with Crippen LogP contribution in [-0.4, -0.2) is 144 Å². The number of aromatic hydroxyl groups is 3. The average Bonchev–Trinajstić information content (AvgIpc) is 0.801. The third kappa shape index (κ3) is 21.4. The Kier molecular flexibility index (Phi) is 27.4. The minimum atomic E-state index is -1.66. The van der Waals surface area contributed by atoms with Crippen LogP contribution < -0.4 is 5.46 Å². The smallest absolute Gasteiger partial charge is 0.492 e. The Morgan fingerprint density at radius 1 is 0.351 bits per heavy atom. The van der Waals surface area contributed by atoms with Crippen LogP contribution in [0, 0.1) is 0 Å². The number of aromatic nitrogens is 12. The first kappa shape index (κ1) is 76.7. The van der Waals surface area contributed by atoms with E-state index < -0.39 is 7.12 Å². The quantitative estimate of drug-likeness (QED) is 0.0470. The molecule has 21 nitrogen and oxygen atoms in total. The van der Waals surface area contributed by atoms with E-state index in [-0.39, 0.29) is 45.1 Å². The molecule has 11 aromatic rings. The number of aryl methyl sites for hydroxylation is 4. The minimum absolute atomic E-state index is 0.0504. The van der Waals surface area contributed by atoms with Crippen molar-refractivity contribution in [1.82, 2.24) is 60.7 Å². The number of pyridine rings is 4. The Morgan fingerprint density at radius 3 is 1.05 bits per heavy atom. The molecule has 0 amide bonds. The molecule has 0 atom stereocenters. The van der Waals surface area contributed by atoms with Crippen LogP contribution in [0.5, 0.6) is 17.2 Å². The van der Waals surface area contributed by atoms with Crippen LogP contribution in [0.3, 0.4) is 0 Å². The van der Waals surface area contributed by atoms with Gasteiger partial charge in [0.05, 0.1) is 45.2 Å². The summed E-state index contributed by atoms with van der Waals surface area (Å²) in [5.74, 6) is -0.0686. The van der Waals surface area contributed by atoms with E-state index in [1.807, 2.05) is 52.0 Å². The zero-order valence-electron chi connectivity index (χ0n) is 56.0. The second-order valence-corrected chi connectivity index (χ2v) is 26.8. The molecule has 0 radical (unpaired) electrons. The number of phenolic OH excluding ortho intramolecular Hbond substituents is 3. The van der Waals surface area contributed by atoms with Crippen molar-refractivity contribution in [1.29, 1.82) is 0 Å². The van der Waals surface area contributed by atoms with Gasteiger partial charge in [-0.3, -0.25) is 19.9 Å². The van der Waals surface area contributed by atoms with Gasteiger partial charge in [0.15, 0.2) is 10.3 Å². The highest BCUT2D eigenvalue weighted by Gasteiger charge is 2.24. The van der Waals surface area contributed by atoms with Crippen molar-refractivity contribution >= 4 is 114 Å². The molecule has 0 unspecified atom stereocenters. The fourth-order valence-corrected chi connectivity index (χ4v) is 10.4. The maximum Gasteiger partial charge on any atom is 0.492 e. The number of fused-ring (bicyclic) bond motifs is 4. The summed E-state index contributed by atoms with van der Waals surface area (Å²) < 4.78 is 21.8. The third-order valence-corrected chi connectivity index (χ3v) is 17.6. The highest BCUT2D eigenvalue weighted by Crippen LogP contribution is 2.37. The fraction of sp³-hybridized carbons (Fsp3) is 0.343. The summed E-state index contributed by atoms with van der Waals surface area (Å²) in [7, 11) is 5.19. The molecule has 3 aromatic carbocycles. The van der Waals surface area contributed by atoms with E-state index in [2.05, 4.69) is 88.4 Å². The van der Waals surface area contributed by atoms with Crippen molar-refractivity contribution < 1.29 is 44.3 Å². The summed E-state index contributed by atoms with van der Waals surface area (Å²) in [4.78, 5) is 16.6. The fourth-order valence-electron chi connectivity index (χ4n) is 9.51. The molecule has 0 spiro atoms. The van der Waals surface area contributed by atoms with Crippen LogP contribution in [0.15, 0.2) is 128 Å². The second-order valence-electron chi connectivity index (χ2n) is 24.8. The molecule has 11 rings (SSSR count). The highest BCUT2D eigenvalue weighted by atomic mass is 35.5. The summed E-state index contributed by atoms with van der Waals surface area (Å²) in [5, 5.41) is 90.1. The van der Waals surface area contributed by atoms with Gasteiger partial charge in [-0.15, -0.1) is 20.4 Å². The van der Waals surface area contributed by atoms with Crippen LogP contribution in [0.25, 0.3) is 65.6 Å². The van der Waals surface area contributed by atoms with Crippen LogP contribution in [0.2, 0.25) is 25.4 Å². The van der Waals surface area contributed by atoms with Crippen molar-refractivity contribution in [3.05, 3.63) is 177 Å². The van der Waals surface area contributed by atoms with Crippen LogP contribution >= 0.6 is 58.0 Å². The first-order valence-corrected chi connectivity index (χ1v) is 32.6. The topological polar surface area (TPSA) is 293 Å². The van der Waals surface area contributed by atoms with E-state index in [9.17, 15) is 10.2 Å². The SMILES string of the molecule is COC(C)(C)CCc1nnc(-c2ccc(Cl)cc2O)c2ccncc12.COC(C)(C)CCc1nnc(-c2ccc(Cl)cc2O)c2cnccc12.COC(C)(C)CCc1nnc(Cl)c2ccncc12.COC(C)(C)CCc1nnc(Cl)c2cnccc12.OB(O)c1ccc(Cl)cc1O. The predicted molar refractivity (Wildman–Crippen MR) is 384 cm³/mol. The van der Waals surface area contributed by atoms with Gasteiger partial charge < -0.3 is 44.3 Å². The zero-order chi connectivity index (χ0) is 70.8. The molecule has 0 aliphatic rings. The first-order chi connectivity index (χ1) is 46.0. The van der Waals surface area contributed by atoms with E-state index in [4.69, 9.17) is 92.1 Å². The van der Waals surface area contributed by atoms with Crippen LogP contribution in [0.1, 0.15) is 104 Å². The Hall–Kier alpha value is -7.71. The number of methoxy groups -OCH3 is 4. The number of benzene rings is 3. The number of nitrogens with zero attached hydrogens (tertiary/aromatic N) is 12. The lowest BCUT2D eigenvalue weighted by molar-refractivity contribution is 0.0154. The Morgan fingerprint density at radius 2 is 0.660 bits per heavy atom. The van der Waals surface area contributed by atoms with Gasteiger partial charge in [-0.05, 0) is 180 Å². The predicted octanol–water partition coefficient (Wildman–Crippen LogP) is 14.6. The summed E-state index contributed by atoms with van der Waals surface area (Å²) in [5.41, 5.74) is 5.23. The van der Waals surface area contributed by atoms with Gasteiger partial charge in [-0.2, -0.15) is 20.4 Å². The molecule has 0 saturated carbocycles. The summed E-state index contributed by atoms with van der Waals surface area (Å²) in [6, 6.07) is 21.6. The zero-order valence-corrected chi connectivity index (χ0v) is 59.8. The second kappa shape index (κ2) is 34.7. The Bertz CT molecular complexity index is 4210. The lowest BCUT2D eigenvalue weighted by Gasteiger charge is -2.22. The number of phenols is 3. The van der Waals surface area contributed by atoms with Crippen molar-refractivity contribution in [3.8, 4) is 39.8 Å². The lowest BCUT2D eigenvalue weighted by Crippen LogP contribution is -2.29. The van der Waals surface area contributed by atoms with Crippen molar-refractivity contribution in [2.24, 2.45) is 0 Å². The molecule has 5 N–H and O–H groups in total. The van der Waals surface area contributed by atoms with E-state index in [0.29, 0.717) is 47.9 Å². The number of halogens is 5. The molecular formula is C70H78BCl5N12O9. The average molecular weight is 1420 g/mol. The van der Waals surface area contributed by atoms with Gasteiger partial charge in [-0.25, -0.2) is 0 Å². The molecule has 8 aromatic heterocycles. The van der Waals surface area contributed by atoms with Crippen molar-refractivity contribution in [2.45, 2.75) is 129 Å². The summed E-state index contributed by atoms with van der Waals surface area (Å²) in [6.45, 7) is 16.4. The lowest BCUT2D eigenvalue weighted by atomic mass is 9.80. The molecule has 0 fully saturated rings. The minimum Gasteiger partial charge on any atom is -0.508 e. The normalized spacial score (nSPS) is 11.7. The molecule has 0 bridgehead atoms. The van der Waals surface area contributed by atoms with E-state index in [0.717, 1.165) is 117 Å². The van der Waals surface area contributed by atoms with Gasteiger partial charge in [0.1, 0.15) is 28.6 Å². The van der Waals surface area contributed by atoms with E-state index in [1.165, 1.54) is 30.3 Å². The molecule has 97 heavy (non-hydrogen) atoms. The largest absolute Gasteiger partial charge is 0.508 e. The van der Waals surface area contributed by atoms with E-state index in [1.54, 1.807) is 102 Å². The molecule has 0 saturated heterocycles. The maximum absolute atomic E-state index is 10.2. The first-order valence-electron chi connectivity index (χ1n) is 30.7. The van der Waals surface area contributed by atoms with Gasteiger partial charge in [-0.1, -0.05) is 64.1 Å².